The predicted octanol–water partition coefficient (Wildman–Crippen LogP) is 2.77. The number of benzene rings is 1. The van der Waals surface area contributed by atoms with Gasteiger partial charge < -0.3 is 10.1 Å². The van der Waals surface area contributed by atoms with Crippen molar-refractivity contribution in [1.82, 2.24) is 5.32 Å². The largest absolute Gasteiger partial charge is 0.378 e. The van der Waals surface area contributed by atoms with Crippen molar-refractivity contribution in [2.45, 2.75) is 38.8 Å². The molecule has 1 N–H and O–H groups in total. The Morgan fingerprint density at radius 3 is 2.94 bits per heavy atom. The quantitative estimate of drug-likeness (QED) is 0.869. The molecule has 1 aliphatic rings. The van der Waals surface area contributed by atoms with Crippen LogP contribution in [0.1, 0.15) is 25.8 Å². The van der Waals surface area contributed by atoms with E-state index in [2.05, 4.69) is 19.2 Å². The molecular weight excluding hydrogens is 229 g/mol. The number of ether oxygens (including phenoxy) is 1. The second-order valence-corrected chi connectivity index (χ2v) is 5.14. The molecule has 1 heterocycles. The molecule has 3 unspecified atom stereocenters. The second kappa shape index (κ2) is 6.30. The van der Waals surface area contributed by atoms with Crippen LogP contribution in [0.3, 0.4) is 0 Å². The van der Waals surface area contributed by atoms with Gasteiger partial charge in [-0.15, -0.1) is 0 Å². The lowest BCUT2D eigenvalue weighted by molar-refractivity contribution is 0.117. The zero-order chi connectivity index (χ0) is 13.0. The van der Waals surface area contributed by atoms with E-state index in [0.29, 0.717) is 18.1 Å². The van der Waals surface area contributed by atoms with Crippen molar-refractivity contribution < 1.29 is 9.13 Å². The lowest BCUT2D eigenvalue weighted by Gasteiger charge is -2.23. The predicted molar refractivity (Wildman–Crippen MR) is 71.1 cm³/mol. The molecule has 1 fully saturated rings. The highest BCUT2D eigenvalue weighted by Gasteiger charge is 2.29. The number of halogens is 1. The molecule has 2 rings (SSSR count). The van der Waals surface area contributed by atoms with Crippen molar-refractivity contribution in [2.75, 3.05) is 13.2 Å². The first kappa shape index (κ1) is 13.5. The third-order valence-electron chi connectivity index (χ3n) is 3.61. The fourth-order valence-electron chi connectivity index (χ4n) is 2.72. The molecule has 1 aliphatic heterocycles. The van der Waals surface area contributed by atoms with Crippen LogP contribution in [0.25, 0.3) is 0 Å². The molecule has 2 nitrogen and oxygen atoms in total. The van der Waals surface area contributed by atoms with Gasteiger partial charge in [0.15, 0.2) is 0 Å². The van der Waals surface area contributed by atoms with Crippen LogP contribution in [0.15, 0.2) is 24.3 Å². The molecule has 18 heavy (non-hydrogen) atoms. The van der Waals surface area contributed by atoms with E-state index in [1.807, 2.05) is 6.07 Å². The maximum Gasteiger partial charge on any atom is 0.123 e. The van der Waals surface area contributed by atoms with E-state index in [1.165, 1.54) is 6.07 Å². The van der Waals surface area contributed by atoms with Gasteiger partial charge >= 0.3 is 0 Å². The molecule has 1 aromatic carbocycles. The molecule has 0 amide bonds. The lowest BCUT2D eigenvalue weighted by atomic mass is 9.91. The fourth-order valence-corrected chi connectivity index (χ4v) is 2.72. The first-order valence-electron chi connectivity index (χ1n) is 6.78. The first-order valence-corrected chi connectivity index (χ1v) is 6.78. The first-order chi connectivity index (χ1) is 8.69. The van der Waals surface area contributed by atoms with E-state index < -0.39 is 0 Å². The van der Waals surface area contributed by atoms with Crippen molar-refractivity contribution in [1.29, 1.82) is 0 Å². The summed E-state index contributed by atoms with van der Waals surface area (Å²) in [7, 11) is 0. The summed E-state index contributed by atoms with van der Waals surface area (Å²) in [6, 6.07) is 7.27. The molecule has 100 valence electrons. The summed E-state index contributed by atoms with van der Waals surface area (Å²) >= 11 is 0. The van der Waals surface area contributed by atoms with Gasteiger partial charge in [0.05, 0.1) is 12.7 Å². The Labute approximate surface area is 109 Å². The Hall–Kier alpha value is -0.930. The van der Waals surface area contributed by atoms with Crippen molar-refractivity contribution in [2.24, 2.45) is 5.92 Å². The van der Waals surface area contributed by atoms with Crippen LogP contribution in [-0.2, 0) is 11.2 Å². The van der Waals surface area contributed by atoms with Crippen LogP contribution in [-0.4, -0.2) is 25.3 Å². The van der Waals surface area contributed by atoms with Gasteiger partial charge in [-0.05, 0) is 44.0 Å². The van der Waals surface area contributed by atoms with E-state index in [9.17, 15) is 4.39 Å². The van der Waals surface area contributed by atoms with E-state index >= 15 is 0 Å². The third kappa shape index (κ3) is 3.53. The molecule has 0 bridgehead atoms. The maximum absolute atomic E-state index is 13.2. The number of rotatable bonds is 5. The molecule has 1 aromatic rings. The van der Waals surface area contributed by atoms with Gasteiger partial charge in [-0.3, -0.25) is 0 Å². The summed E-state index contributed by atoms with van der Waals surface area (Å²) in [6.45, 7) is 5.97. The number of likely N-dealkylation sites (N-methyl/N-ethyl adjacent to an activating group) is 1. The van der Waals surface area contributed by atoms with Gasteiger partial charge in [-0.2, -0.15) is 0 Å². The lowest BCUT2D eigenvalue weighted by Crippen LogP contribution is -2.38. The molecule has 0 aliphatic carbocycles. The summed E-state index contributed by atoms with van der Waals surface area (Å²) in [5.41, 5.74) is 1.06. The van der Waals surface area contributed by atoms with Crippen molar-refractivity contribution in [3.63, 3.8) is 0 Å². The van der Waals surface area contributed by atoms with E-state index in [-0.39, 0.29) is 5.82 Å². The SMILES string of the molecule is CCNC(Cc1cccc(F)c1)C1COC(C)C1. The van der Waals surface area contributed by atoms with Crippen LogP contribution < -0.4 is 5.32 Å². The Balaban J connectivity index is 2.01. The smallest absolute Gasteiger partial charge is 0.123 e. The summed E-state index contributed by atoms with van der Waals surface area (Å²) in [4.78, 5) is 0. The van der Waals surface area contributed by atoms with Crippen molar-refractivity contribution in [3.8, 4) is 0 Å². The van der Waals surface area contributed by atoms with Gasteiger partial charge in [0.2, 0.25) is 0 Å². The minimum Gasteiger partial charge on any atom is -0.378 e. The van der Waals surface area contributed by atoms with Gasteiger partial charge in [0.25, 0.3) is 0 Å². The highest BCUT2D eigenvalue weighted by Crippen LogP contribution is 2.24. The number of nitrogens with one attached hydrogen (secondary N) is 1. The average Bonchev–Trinajstić information content (AvgIpc) is 2.75. The minimum absolute atomic E-state index is 0.154. The van der Waals surface area contributed by atoms with Gasteiger partial charge in [0, 0.05) is 12.0 Å². The summed E-state index contributed by atoms with van der Waals surface area (Å²) in [6.07, 6.45) is 2.31. The summed E-state index contributed by atoms with van der Waals surface area (Å²) in [5.74, 6) is 0.377. The fraction of sp³-hybridized carbons (Fsp3) is 0.600. The Kier molecular flexibility index (Phi) is 4.72. The topological polar surface area (TPSA) is 21.3 Å². The Morgan fingerprint density at radius 2 is 2.33 bits per heavy atom. The second-order valence-electron chi connectivity index (χ2n) is 5.14. The van der Waals surface area contributed by atoms with Gasteiger partial charge in [-0.1, -0.05) is 19.1 Å². The molecule has 3 atom stereocenters. The van der Waals surface area contributed by atoms with Crippen LogP contribution in [0, 0.1) is 11.7 Å². The molecule has 3 heteroatoms. The van der Waals surface area contributed by atoms with E-state index in [1.54, 1.807) is 12.1 Å². The zero-order valence-corrected chi connectivity index (χ0v) is 11.2. The Morgan fingerprint density at radius 1 is 1.50 bits per heavy atom. The molecule has 1 saturated heterocycles. The standard InChI is InChI=1S/C15H22FNO/c1-3-17-15(13-7-11(2)18-10-13)9-12-5-4-6-14(16)8-12/h4-6,8,11,13,15,17H,3,7,9-10H2,1-2H3. The molecular formula is C15H22FNO. The highest BCUT2D eigenvalue weighted by molar-refractivity contribution is 5.17. The van der Waals surface area contributed by atoms with Crippen molar-refractivity contribution in [3.05, 3.63) is 35.6 Å². The van der Waals surface area contributed by atoms with E-state index in [4.69, 9.17) is 4.74 Å². The van der Waals surface area contributed by atoms with Crippen molar-refractivity contribution >= 4 is 0 Å². The third-order valence-corrected chi connectivity index (χ3v) is 3.61. The monoisotopic (exact) mass is 251 g/mol. The van der Waals surface area contributed by atoms with Gasteiger partial charge in [0.1, 0.15) is 5.82 Å². The van der Waals surface area contributed by atoms with Crippen LogP contribution >= 0.6 is 0 Å². The highest BCUT2D eigenvalue weighted by atomic mass is 19.1. The molecule has 0 spiro atoms. The van der Waals surface area contributed by atoms with E-state index in [0.717, 1.165) is 31.6 Å². The molecule has 0 aromatic heterocycles. The summed E-state index contributed by atoms with van der Waals surface area (Å²) < 4.78 is 18.8. The maximum atomic E-state index is 13.2. The normalized spacial score (nSPS) is 25.3. The number of hydrogen-bond acceptors (Lipinski definition) is 2. The Bertz CT molecular complexity index is 383. The van der Waals surface area contributed by atoms with Crippen LogP contribution in [0.2, 0.25) is 0 Å². The number of hydrogen-bond donors (Lipinski definition) is 1. The minimum atomic E-state index is -0.154. The summed E-state index contributed by atoms with van der Waals surface area (Å²) in [5, 5.41) is 3.51. The van der Waals surface area contributed by atoms with Crippen LogP contribution in [0.5, 0.6) is 0 Å². The zero-order valence-electron chi connectivity index (χ0n) is 11.2. The van der Waals surface area contributed by atoms with Crippen LogP contribution in [0.4, 0.5) is 4.39 Å². The molecule has 0 radical (unpaired) electrons. The molecule has 0 saturated carbocycles. The average molecular weight is 251 g/mol. The van der Waals surface area contributed by atoms with Gasteiger partial charge in [-0.25, -0.2) is 4.39 Å².